The van der Waals surface area contributed by atoms with Crippen molar-refractivity contribution < 1.29 is 4.79 Å². The Hall–Kier alpha value is -2.63. The van der Waals surface area contributed by atoms with E-state index in [1.165, 1.54) is 0 Å². The zero-order valence-corrected chi connectivity index (χ0v) is 16.0. The van der Waals surface area contributed by atoms with Crippen LogP contribution in [0.25, 0.3) is 0 Å². The molecule has 1 atom stereocenters. The van der Waals surface area contributed by atoms with E-state index in [1.54, 1.807) is 0 Å². The zero-order chi connectivity index (χ0) is 18.7. The number of hydrogen-bond donors (Lipinski definition) is 0. The Bertz CT molecular complexity index is 742. The van der Waals surface area contributed by atoms with Crippen LogP contribution in [-0.2, 0) is 11.2 Å². The van der Waals surface area contributed by atoms with E-state index in [2.05, 4.69) is 39.1 Å². The van der Waals surface area contributed by atoms with Gasteiger partial charge >= 0.3 is 0 Å². The SMILES string of the molecule is Cc1ccc(N2CCN(C(=O)Cc3ccc(N(C)C)cc3)[C@@H](C)C2)nn1. The molecule has 6 heteroatoms. The van der Waals surface area contributed by atoms with Crippen LogP contribution in [0.1, 0.15) is 18.2 Å². The topological polar surface area (TPSA) is 52.6 Å². The molecule has 1 saturated heterocycles. The van der Waals surface area contributed by atoms with Gasteiger partial charge < -0.3 is 14.7 Å². The minimum absolute atomic E-state index is 0.153. The first-order valence-electron chi connectivity index (χ1n) is 9.05. The maximum absolute atomic E-state index is 12.8. The second-order valence-corrected chi connectivity index (χ2v) is 7.15. The number of aryl methyl sites for hydroxylation is 1. The van der Waals surface area contributed by atoms with Crippen molar-refractivity contribution in [2.45, 2.75) is 26.3 Å². The lowest BCUT2D eigenvalue weighted by molar-refractivity contribution is -0.132. The van der Waals surface area contributed by atoms with E-state index in [9.17, 15) is 4.79 Å². The Balaban J connectivity index is 1.60. The van der Waals surface area contributed by atoms with Gasteiger partial charge in [0.15, 0.2) is 5.82 Å². The number of aromatic nitrogens is 2. The van der Waals surface area contributed by atoms with Gasteiger partial charge in [-0.3, -0.25) is 4.79 Å². The van der Waals surface area contributed by atoms with Crippen LogP contribution in [0.3, 0.4) is 0 Å². The standard InChI is InChI=1S/C20H27N5O/c1-15-5-10-19(22-21-15)24-11-12-25(16(2)14-24)20(26)13-17-6-8-18(9-7-17)23(3)4/h5-10,16H,11-14H2,1-4H3/t16-/m0/s1. The summed E-state index contributed by atoms with van der Waals surface area (Å²) in [4.78, 5) is 19.0. The molecule has 1 aromatic heterocycles. The number of nitrogens with zero attached hydrogens (tertiary/aromatic N) is 5. The van der Waals surface area contributed by atoms with Crippen molar-refractivity contribution >= 4 is 17.4 Å². The van der Waals surface area contributed by atoms with Gasteiger partial charge in [0.1, 0.15) is 0 Å². The maximum atomic E-state index is 12.8. The number of anilines is 2. The average Bonchev–Trinajstić information content (AvgIpc) is 2.62. The zero-order valence-electron chi connectivity index (χ0n) is 16.0. The number of piperazine rings is 1. The Morgan fingerprint density at radius 3 is 2.42 bits per heavy atom. The first-order valence-corrected chi connectivity index (χ1v) is 9.05. The normalized spacial score (nSPS) is 17.3. The molecule has 0 radical (unpaired) electrons. The van der Waals surface area contributed by atoms with Crippen molar-refractivity contribution in [1.29, 1.82) is 0 Å². The fraction of sp³-hybridized carbons (Fsp3) is 0.450. The number of hydrogen-bond acceptors (Lipinski definition) is 5. The average molecular weight is 353 g/mol. The molecule has 1 amide bonds. The molecular formula is C20H27N5O. The molecule has 1 fully saturated rings. The van der Waals surface area contributed by atoms with Crippen molar-refractivity contribution in [3.05, 3.63) is 47.7 Å². The van der Waals surface area contributed by atoms with Crippen LogP contribution < -0.4 is 9.80 Å². The molecule has 138 valence electrons. The molecule has 2 aromatic rings. The van der Waals surface area contributed by atoms with E-state index in [1.807, 2.05) is 50.2 Å². The second kappa shape index (κ2) is 7.72. The van der Waals surface area contributed by atoms with Gasteiger partial charge in [-0.25, -0.2) is 0 Å². The van der Waals surface area contributed by atoms with E-state index in [4.69, 9.17) is 0 Å². The first kappa shape index (κ1) is 18.2. The maximum Gasteiger partial charge on any atom is 0.227 e. The minimum Gasteiger partial charge on any atom is -0.378 e. The van der Waals surface area contributed by atoms with Crippen LogP contribution in [0.2, 0.25) is 0 Å². The molecule has 6 nitrogen and oxygen atoms in total. The van der Waals surface area contributed by atoms with Gasteiger partial charge in [-0.2, -0.15) is 5.10 Å². The predicted octanol–water partition coefficient (Wildman–Crippen LogP) is 2.13. The van der Waals surface area contributed by atoms with Gasteiger partial charge in [-0.15, -0.1) is 5.10 Å². The Kier molecular flexibility index (Phi) is 5.40. The molecule has 0 saturated carbocycles. The largest absolute Gasteiger partial charge is 0.378 e. The van der Waals surface area contributed by atoms with Crippen LogP contribution >= 0.6 is 0 Å². The molecule has 0 aliphatic carbocycles. The number of amides is 1. The van der Waals surface area contributed by atoms with E-state index < -0.39 is 0 Å². The van der Waals surface area contributed by atoms with Gasteiger partial charge in [-0.1, -0.05) is 12.1 Å². The van der Waals surface area contributed by atoms with Crippen LogP contribution in [0.5, 0.6) is 0 Å². The van der Waals surface area contributed by atoms with E-state index >= 15 is 0 Å². The highest BCUT2D eigenvalue weighted by molar-refractivity contribution is 5.79. The summed E-state index contributed by atoms with van der Waals surface area (Å²) in [5.41, 5.74) is 3.11. The Labute approximate surface area is 155 Å². The van der Waals surface area contributed by atoms with Crippen LogP contribution in [-0.4, -0.2) is 60.8 Å². The molecule has 3 rings (SSSR count). The van der Waals surface area contributed by atoms with Gasteiger partial charge in [-0.05, 0) is 43.7 Å². The summed E-state index contributed by atoms with van der Waals surface area (Å²) >= 11 is 0. The molecule has 0 spiro atoms. The second-order valence-electron chi connectivity index (χ2n) is 7.15. The van der Waals surface area contributed by atoms with Crippen molar-refractivity contribution in [1.82, 2.24) is 15.1 Å². The van der Waals surface area contributed by atoms with Crippen molar-refractivity contribution in [3.63, 3.8) is 0 Å². The van der Waals surface area contributed by atoms with Gasteiger partial charge in [0.05, 0.1) is 12.1 Å². The molecule has 1 aromatic carbocycles. The third kappa shape index (κ3) is 4.12. The number of carbonyl (C=O) groups is 1. The highest BCUT2D eigenvalue weighted by Crippen LogP contribution is 2.18. The third-order valence-corrected chi connectivity index (χ3v) is 4.86. The molecule has 2 heterocycles. The summed E-state index contributed by atoms with van der Waals surface area (Å²) in [6.07, 6.45) is 0.447. The molecule has 1 aliphatic rings. The smallest absolute Gasteiger partial charge is 0.227 e. The van der Waals surface area contributed by atoms with Gasteiger partial charge in [0.25, 0.3) is 0 Å². The molecule has 0 unspecified atom stereocenters. The molecule has 0 bridgehead atoms. The van der Waals surface area contributed by atoms with Crippen molar-refractivity contribution in [3.8, 4) is 0 Å². The monoisotopic (exact) mass is 353 g/mol. The molecule has 0 N–H and O–H groups in total. The highest BCUT2D eigenvalue weighted by atomic mass is 16.2. The van der Waals surface area contributed by atoms with Gasteiger partial charge in [0, 0.05) is 45.5 Å². The van der Waals surface area contributed by atoms with E-state index in [0.29, 0.717) is 13.0 Å². The van der Waals surface area contributed by atoms with Crippen LogP contribution in [0.4, 0.5) is 11.5 Å². The van der Waals surface area contributed by atoms with Crippen LogP contribution in [0, 0.1) is 6.92 Å². The number of benzene rings is 1. The fourth-order valence-electron chi connectivity index (χ4n) is 3.28. The lowest BCUT2D eigenvalue weighted by atomic mass is 10.1. The Morgan fingerprint density at radius 2 is 1.85 bits per heavy atom. The first-order chi connectivity index (χ1) is 12.4. The molecule has 1 aliphatic heterocycles. The summed E-state index contributed by atoms with van der Waals surface area (Å²) in [5.74, 6) is 1.07. The predicted molar refractivity (Wildman–Crippen MR) is 105 cm³/mol. The van der Waals surface area contributed by atoms with E-state index in [0.717, 1.165) is 35.9 Å². The molecular weight excluding hydrogens is 326 g/mol. The highest BCUT2D eigenvalue weighted by Gasteiger charge is 2.28. The summed E-state index contributed by atoms with van der Waals surface area (Å²) < 4.78 is 0. The third-order valence-electron chi connectivity index (χ3n) is 4.86. The molecule has 26 heavy (non-hydrogen) atoms. The Morgan fingerprint density at radius 1 is 1.12 bits per heavy atom. The van der Waals surface area contributed by atoms with Crippen molar-refractivity contribution in [2.75, 3.05) is 43.5 Å². The number of rotatable bonds is 4. The fourth-order valence-corrected chi connectivity index (χ4v) is 3.28. The number of carbonyl (C=O) groups excluding carboxylic acids is 1. The van der Waals surface area contributed by atoms with E-state index in [-0.39, 0.29) is 11.9 Å². The lowest BCUT2D eigenvalue weighted by Crippen LogP contribution is -2.54. The van der Waals surface area contributed by atoms with Crippen molar-refractivity contribution in [2.24, 2.45) is 0 Å². The minimum atomic E-state index is 0.153. The van der Waals surface area contributed by atoms with Crippen LogP contribution in [0.15, 0.2) is 36.4 Å². The summed E-state index contributed by atoms with van der Waals surface area (Å²) in [6, 6.07) is 12.3. The lowest BCUT2D eigenvalue weighted by Gasteiger charge is -2.40. The summed E-state index contributed by atoms with van der Waals surface area (Å²) in [6.45, 7) is 6.31. The summed E-state index contributed by atoms with van der Waals surface area (Å²) in [5, 5.41) is 8.40. The van der Waals surface area contributed by atoms with Gasteiger partial charge in [0.2, 0.25) is 5.91 Å². The quantitative estimate of drug-likeness (QED) is 0.843. The summed E-state index contributed by atoms with van der Waals surface area (Å²) in [7, 11) is 4.03.